The number of hydrogen-bond donors (Lipinski definition) is 4. The van der Waals surface area contributed by atoms with E-state index in [9.17, 15) is 24.3 Å². The average Bonchev–Trinajstić information content (AvgIpc) is 3.67. The van der Waals surface area contributed by atoms with Crippen molar-refractivity contribution in [1.82, 2.24) is 20.9 Å². The normalized spacial score (nSPS) is 17.2. The molecule has 0 unspecified atom stereocenters. The van der Waals surface area contributed by atoms with Crippen molar-refractivity contribution in [2.24, 2.45) is 0 Å². The number of thioether (sulfide) groups is 1. The molecule has 0 radical (unpaired) electrons. The monoisotopic (exact) mass is 686 g/mol. The van der Waals surface area contributed by atoms with Crippen molar-refractivity contribution in [2.45, 2.75) is 69.6 Å². The van der Waals surface area contributed by atoms with Crippen molar-refractivity contribution in [2.75, 3.05) is 13.0 Å². The first kappa shape index (κ1) is 35.5. The van der Waals surface area contributed by atoms with Crippen LogP contribution in [0, 0.1) is 6.92 Å². The summed E-state index contributed by atoms with van der Waals surface area (Å²) in [6.45, 7) is 7.54. The molecular weight excluding hydrogens is 644 g/mol. The van der Waals surface area contributed by atoms with Crippen molar-refractivity contribution in [3.05, 3.63) is 102 Å². The molecule has 11 nitrogen and oxygen atoms in total. The van der Waals surface area contributed by atoms with Gasteiger partial charge in [0.2, 0.25) is 17.6 Å². The highest BCUT2D eigenvalue weighted by Crippen LogP contribution is 2.40. The van der Waals surface area contributed by atoms with Crippen LogP contribution >= 0.6 is 11.8 Å². The van der Waals surface area contributed by atoms with Gasteiger partial charge in [-0.2, -0.15) is 0 Å². The smallest absolute Gasteiger partial charge is 0.288 e. The Morgan fingerprint density at radius 1 is 1.02 bits per heavy atom. The SMILES string of the molecule is COc1cccc2coc(C(=O)N[C@@H](C)C(=O)N[C@@H](Cc3ccccc3)[C@H](O)C(=O)N3CSC(C)(C)[C@H]3C(=O)NCc3ccccc3C)c12. The number of aryl methyl sites for hydroxylation is 1. The van der Waals surface area contributed by atoms with Crippen molar-refractivity contribution in [3.63, 3.8) is 0 Å². The number of carbonyl (C=O) groups excluding carboxylic acids is 4. The number of ether oxygens (including phenoxy) is 1. The second kappa shape index (κ2) is 15.2. The van der Waals surface area contributed by atoms with E-state index in [1.54, 1.807) is 18.2 Å². The van der Waals surface area contributed by atoms with E-state index < -0.39 is 46.7 Å². The standard InChI is InChI=1S/C37H42N4O7S/c1-22-12-9-10-15-25(22)19-38-35(45)32-37(3,4)49-21-41(32)36(46)30(42)27(18-24-13-7-6-8-14-24)40-33(43)23(2)39-34(44)31-29-26(20-48-31)16-11-17-28(29)47-5/h6-17,20,23,27,30,32,42H,18-19,21H2,1-5H3,(H,38,45)(H,39,44)(H,40,43)/t23-,27-,30-,32+/m0/s1. The summed E-state index contributed by atoms with van der Waals surface area (Å²) in [4.78, 5) is 55.8. The molecule has 0 aliphatic carbocycles. The van der Waals surface area contributed by atoms with E-state index in [1.807, 2.05) is 75.4 Å². The zero-order valence-corrected chi connectivity index (χ0v) is 29.0. The van der Waals surface area contributed by atoms with E-state index in [0.717, 1.165) is 16.7 Å². The van der Waals surface area contributed by atoms with Gasteiger partial charge in [-0.3, -0.25) is 19.2 Å². The Kier molecular flexibility index (Phi) is 11.0. The van der Waals surface area contributed by atoms with Crippen LogP contribution in [-0.4, -0.2) is 75.6 Å². The summed E-state index contributed by atoms with van der Waals surface area (Å²) in [6.07, 6.45) is -0.135. The highest BCUT2D eigenvalue weighted by molar-refractivity contribution is 8.00. The summed E-state index contributed by atoms with van der Waals surface area (Å²) in [5.74, 6) is -1.64. The number of carbonyl (C=O) groups is 4. The molecule has 1 aromatic heterocycles. The average molecular weight is 687 g/mol. The molecule has 4 amide bonds. The van der Waals surface area contributed by atoms with Crippen molar-refractivity contribution >= 4 is 46.2 Å². The number of amides is 4. The quantitative estimate of drug-likeness (QED) is 0.175. The minimum atomic E-state index is -1.69. The van der Waals surface area contributed by atoms with Crippen molar-refractivity contribution in [1.29, 1.82) is 0 Å². The number of benzene rings is 3. The van der Waals surface area contributed by atoms with E-state index in [4.69, 9.17) is 9.15 Å². The summed E-state index contributed by atoms with van der Waals surface area (Å²) in [7, 11) is 1.49. The van der Waals surface area contributed by atoms with E-state index in [0.29, 0.717) is 23.1 Å². The molecule has 1 saturated heterocycles. The number of aliphatic hydroxyl groups is 1. The summed E-state index contributed by atoms with van der Waals surface area (Å²) >= 11 is 1.44. The van der Waals surface area contributed by atoms with Gasteiger partial charge >= 0.3 is 0 Å². The van der Waals surface area contributed by atoms with Crippen LogP contribution in [0.3, 0.4) is 0 Å². The van der Waals surface area contributed by atoms with Crippen LogP contribution in [-0.2, 0) is 27.3 Å². The first-order valence-corrected chi connectivity index (χ1v) is 17.0. The highest BCUT2D eigenvalue weighted by atomic mass is 32.2. The van der Waals surface area contributed by atoms with Crippen LogP contribution < -0.4 is 20.7 Å². The van der Waals surface area contributed by atoms with Crippen molar-refractivity contribution < 1.29 is 33.4 Å². The van der Waals surface area contributed by atoms with Crippen LogP contribution in [0.1, 0.15) is 48.0 Å². The van der Waals surface area contributed by atoms with Gasteiger partial charge in [0.15, 0.2) is 6.10 Å². The summed E-state index contributed by atoms with van der Waals surface area (Å²) < 4.78 is 10.3. The molecule has 1 aliphatic heterocycles. The minimum absolute atomic E-state index is 0.0101. The number of hydrogen-bond acceptors (Lipinski definition) is 8. The van der Waals surface area contributed by atoms with Crippen LogP contribution in [0.2, 0.25) is 0 Å². The third kappa shape index (κ3) is 7.92. The topological polar surface area (TPSA) is 150 Å². The molecule has 3 aromatic carbocycles. The van der Waals surface area contributed by atoms with Gasteiger partial charge in [-0.25, -0.2) is 0 Å². The second-order valence-corrected chi connectivity index (χ2v) is 14.3. The maximum atomic E-state index is 14.0. The van der Waals surface area contributed by atoms with Gasteiger partial charge in [-0.15, -0.1) is 11.8 Å². The van der Waals surface area contributed by atoms with E-state index >= 15 is 0 Å². The van der Waals surface area contributed by atoms with E-state index in [1.165, 1.54) is 37.0 Å². The molecule has 0 bridgehead atoms. The number of rotatable bonds is 12. The molecule has 49 heavy (non-hydrogen) atoms. The molecule has 5 rings (SSSR count). The molecule has 4 atom stereocenters. The molecule has 1 aliphatic rings. The Hall–Kier alpha value is -4.81. The number of nitrogens with one attached hydrogen (secondary N) is 3. The molecular formula is C37H42N4O7S. The van der Waals surface area contributed by atoms with Gasteiger partial charge < -0.3 is 35.1 Å². The molecule has 2 heterocycles. The fourth-order valence-corrected chi connectivity index (χ4v) is 7.14. The molecule has 12 heteroatoms. The number of nitrogens with zero attached hydrogens (tertiary/aromatic N) is 1. The Morgan fingerprint density at radius 2 is 1.73 bits per heavy atom. The highest BCUT2D eigenvalue weighted by Gasteiger charge is 2.49. The predicted octanol–water partition coefficient (Wildman–Crippen LogP) is 3.95. The maximum Gasteiger partial charge on any atom is 0.288 e. The third-order valence-electron chi connectivity index (χ3n) is 8.81. The Morgan fingerprint density at radius 3 is 2.45 bits per heavy atom. The van der Waals surface area contributed by atoms with E-state index in [2.05, 4.69) is 16.0 Å². The van der Waals surface area contributed by atoms with Crippen LogP contribution in [0.5, 0.6) is 5.75 Å². The molecule has 0 spiro atoms. The van der Waals surface area contributed by atoms with Crippen LogP contribution in [0.15, 0.2) is 83.5 Å². The minimum Gasteiger partial charge on any atom is -0.496 e. The lowest BCUT2D eigenvalue weighted by molar-refractivity contribution is -0.147. The van der Waals surface area contributed by atoms with Crippen LogP contribution in [0.4, 0.5) is 0 Å². The van der Waals surface area contributed by atoms with E-state index in [-0.39, 0.29) is 24.0 Å². The Labute approximate surface area is 289 Å². The van der Waals surface area contributed by atoms with Gasteiger partial charge in [0, 0.05) is 16.7 Å². The first-order chi connectivity index (χ1) is 23.4. The number of methoxy groups -OCH3 is 1. The summed E-state index contributed by atoms with van der Waals surface area (Å²) in [6, 6.07) is 19.1. The summed E-state index contributed by atoms with van der Waals surface area (Å²) in [5, 5.41) is 21.1. The number of fused-ring (bicyclic) bond motifs is 1. The van der Waals surface area contributed by atoms with Crippen LogP contribution in [0.25, 0.3) is 10.8 Å². The zero-order chi connectivity index (χ0) is 35.3. The molecule has 4 aromatic rings. The van der Waals surface area contributed by atoms with Crippen molar-refractivity contribution in [3.8, 4) is 5.75 Å². The summed E-state index contributed by atoms with van der Waals surface area (Å²) in [5.41, 5.74) is 2.77. The molecule has 1 fully saturated rings. The van der Waals surface area contributed by atoms with Gasteiger partial charge in [0.1, 0.15) is 17.8 Å². The van der Waals surface area contributed by atoms with Gasteiger partial charge in [0.25, 0.3) is 11.8 Å². The zero-order valence-electron chi connectivity index (χ0n) is 28.2. The lowest BCUT2D eigenvalue weighted by Crippen LogP contribution is -2.59. The lowest BCUT2D eigenvalue weighted by Gasteiger charge is -2.33. The largest absolute Gasteiger partial charge is 0.496 e. The number of aliphatic hydroxyl groups excluding tert-OH is 1. The number of furan rings is 1. The molecule has 4 N–H and O–H groups in total. The maximum absolute atomic E-state index is 14.0. The van der Waals surface area contributed by atoms with Gasteiger partial charge in [-0.1, -0.05) is 66.7 Å². The second-order valence-electron chi connectivity index (χ2n) is 12.7. The Bertz CT molecular complexity index is 1830. The lowest BCUT2D eigenvalue weighted by atomic mass is 9.97. The molecule has 0 saturated carbocycles. The first-order valence-electron chi connectivity index (χ1n) is 16.1. The van der Waals surface area contributed by atoms with Gasteiger partial charge in [-0.05, 0) is 56.9 Å². The fourth-order valence-electron chi connectivity index (χ4n) is 6.00. The Balaban J connectivity index is 1.32. The molecule has 258 valence electrons. The fraction of sp³-hybridized carbons (Fsp3) is 0.351. The van der Waals surface area contributed by atoms with Gasteiger partial charge in [0.05, 0.1) is 30.7 Å². The predicted molar refractivity (Wildman–Crippen MR) is 188 cm³/mol. The third-order valence-corrected chi connectivity index (χ3v) is 10.2.